The number of rotatable bonds is 2. The minimum atomic E-state index is 0.356. The van der Waals surface area contributed by atoms with Crippen molar-refractivity contribution >= 4 is 34.9 Å². The van der Waals surface area contributed by atoms with Crippen molar-refractivity contribution in [2.45, 2.75) is 29.0 Å². The molecule has 0 N–H and O–H groups in total. The van der Waals surface area contributed by atoms with Gasteiger partial charge >= 0.3 is 0 Å². The summed E-state index contributed by atoms with van der Waals surface area (Å²) in [6.45, 7) is 4.30. The molecule has 2 aliphatic rings. The number of nitrogens with zero attached hydrogens (tertiary/aromatic N) is 2. The molecule has 2 nitrogen and oxygen atoms in total. The number of likely N-dealkylation sites (N-methyl/N-ethyl adjacent to an activating group) is 1. The van der Waals surface area contributed by atoms with Crippen LogP contribution in [0.3, 0.4) is 0 Å². The molecule has 0 saturated carbocycles. The third-order valence-electron chi connectivity index (χ3n) is 4.66. The van der Waals surface area contributed by atoms with Gasteiger partial charge in [0.2, 0.25) is 0 Å². The molecule has 2 aromatic rings. The van der Waals surface area contributed by atoms with E-state index in [0.717, 1.165) is 0 Å². The summed E-state index contributed by atoms with van der Waals surface area (Å²) in [7, 11) is 4.32. The average molecular weight is 367 g/mol. The van der Waals surface area contributed by atoms with Gasteiger partial charge in [0, 0.05) is 23.9 Å². The van der Waals surface area contributed by atoms with Crippen LogP contribution >= 0.6 is 23.5 Å². The van der Waals surface area contributed by atoms with Crippen LogP contribution in [0.5, 0.6) is 0 Å². The number of anilines is 2. The van der Waals surface area contributed by atoms with Gasteiger partial charge in [0.25, 0.3) is 0 Å². The van der Waals surface area contributed by atoms with Gasteiger partial charge in [0.05, 0.1) is 21.8 Å². The van der Waals surface area contributed by atoms with Crippen molar-refractivity contribution in [2.24, 2.45) is 0 Å². The molecule has 0 saturated heterocycles. The number of benzene rings is 2. The highest BCUT2D eigenvalue weighted by Gasteiger charge is 2.25. The summed E-state index contributed by atoms with van der Waals surface area (Å²) >= 11 is 3.76. The Morgan fingerprint density at radius 1 is 0.920 bits per heavy atom. The van der Waals surface area contributed by atoms with Crippen molar-refractivity contribution in [3.05, 3.63) is 70.8 Å². The summed E-state index contributed by atoms with van der Waals surface area (Å²) in [5.41, 5.74) is 5.26. The Balaban J connectivity index is 1.50. The quantitative estimate of drug-likeness (QED) is 0.661. The third-order valence-corrected chi connectivity index (χ3v) is 7.16. The molecular weight excluding hydrogens is 344 g/mol. The van der Waals surface area contributed by atoms with Gasteiger partial charge in [-0.2, -0.15) is 0 Å². The summed E-state index contributed by atoms with van der Waals surface area (Å²) in [5, 5.41) is 1.63. The van der Waals surface area contributed by atoms with E-state index in [0.29, 0.717) is 5.37 Å². The van der Waals surface area contributed by atoms with Gasteiger partial charge < -0.3 is 9.80 Å². The van der Waals surface area contributed by atoms with Gasteiger partial charge in [0.1, 0.15) is 0 Å². The zero-order valence-electron chi connectivity index (χ0n) is 15.0. The molecule has 0 aromatic heterocycles. The van der Waals surface area contributed by atoms with Crippen LogP contribution in [-0.2, 0) is 0 Å². The molecule has 2 aliphatic heterocycles. The van der Waals surface area contributed by atoms with E-state index in [2.05, 4.69) is 92.4 Å². The van der Waals surface area contributed by atoms with Crippen molar-refractivity contribution in [3.63, 3.8) is 0 Å². The molecule has 4 rings (SSSR count). The van der Waals surface area contributed by atoms with Gasteiger partial charge in [-0.15, -0.1) is 0 Å². The minimum Gasteiger partial charge on any atom is -0.358 e. The van der Waals surface area contributed by atoms with Crippen molar-refractivity contribution in [3.8, 4) is 0 Å². The molecule has 0 bridgehead atoms. The Bertz CT molecular complexity index is 885. The largest absolute Gasteiger partial charge is 0.358 e. The van der Waals surface area contributed by atoms with Gasteiger partial charge in [-0.1, -0.05) is 47.8 Å². The second-order valence-corrected chi connectivity index (χ2v) is 8.83. The number of aryl methyl sites for hydroxylation is 2. The van der Waals surface area contributed by atoms with Crippen LogP contribution in [0.15, 0.2) is 69.4 Å². The van der Waals surface area contributed by atoms with Crippen molar-refractivity contribution in [2.75, 3.05) is 23.9 Å². The normalized spacial score (nSPS) is 20.6. The van der Waals surface area contributed by atoms with Gasteiger partial charge in [-0.05, 0) is 55.3 Å². The topological polar surface area (TPSA) is 6.48 Å². The lowest BCUT2D eigenvalue weighted by molar-refractivity contribution is 0.988. The fraction of sp³-hybridized carbons (Fsp3) is 0.238. The summed E-state index contributed by atoms with van der Waals surface area (Å²) in [4.78, 5) is 7.33. The standard InChI is InChI=1S/C21H22N2S2/c1-14-8-10-18-16(12-14)22(3)20(24-18)6-5-7-21-23(4)17-13-15(2)9-11-19(17)25-21/h5-13,20H,1-4H3. The number of allylic oxidation sites excluding steroid dienone is 2. The molecule has 1 atom stereocenters. The maximum atomic E-state index is 2.35. The van der Waals surface area contributed by atoms with Crippen LogP contribution in [0.2, 0.25) is 0 Å². The van der Waals surface area contributed by atoms with E-state index in [1.54, 1.807) is 0 Å². The molecule has 0 radical (unpaired) electrons. The Hall–Kier alpha value is -1.78. The first kappa shape index (κ1) is 16.7. The maximum absolute atomic E-state index is 2.35. The second-order valence-electron chi connectivity index (χ2n) is 6.61. The summed E-state index contributed by atoms with van der Waals surface area (Å²) in [6.07, 6.45) is 6.71. The lowest BCUT2D eigenvalue weighted by atomic mass is 10.2. The maximum Gasteiger partial charge on any atom is 0.0982 e. The average Bonchev–Trinajstić information content (AvgIpc) is 3.06. The lowest BCUT2D eigenvalue weighted by Crippen LogP contribution is -2.22. The van der Waals surface area contributed by atoms with Crippen LogP contribution in [-0.4, -0.2) is 19.5 Å². The van der Waals surface area contributed by atoms with Crippen LogP contribution in [0.1, 0.15) is 11.1 Å². The molecule has 0 aliphatic carbocycles. The summed E-state index contributed by atoms with van der Waals surface area (Å²) in [5.74, 6) is 0. The number of thioether (sulfide) groups is 2. The van der Waals surface area contributed by atoms with E-state index in [1.807, 2.05) is 23.5 Å². The second kappa shape index (κ2) is 6.50. The fourth-order valence-corrected chi connectivity index (χ4v) is 5.39. The molecule has 1 unspecified atom stereocenters. The van der Waals surface area contributed by atoms with Gasteiger partial charge in [-0.3, -0.25) is 0 Å². The Morgan fingerprint density at radius 2 is 1.60 bits per heavy atom. The Kier molecular flexibility index (Phi) is 4.34. The predicted molar refractivity (Wildman–Crippen MR) is 112 cm³/mol. The van der Waals surface area contributed by atoms with E-state index in [-0.39, 0.29) is 0 Å². The van der Waals surface area contributed by atoms with Crippen LogP contribution < -0.4 is 9.80 Å². The number of hydrogen-bond acceptors (Lipinski definition) is 4. The van der Waals surface area contributed by atoms with Crippen molar-refractivity contribution in [1.29, 1.82) is 0 Å². The molecule has 0 spiro atoms. The monoisotopic (exact) mass is 366 g/mol. The molecule has 0 amide bonds. The molecule has 2 heterocycles. The smallest absolute Gasteiger partial charge is 0.0982 e. The van der Waals surface area contributed by atoms with E-state index < -0.39 is 0 Å². The summed E-state index contributed by atoms with van der Waals surface area (Å²) < 4.78 is 0. The van der Waals surface area contributed by atoms with Gasteiger partial charge in [-0.25, -0.2) is 0 Å². The van der Waals surface area contributed by atoms with Crippen molar-refractivity contribution < 1.29 is 0 Å². The van der Waals surface area contributed by atoms with E-state index in [1.165, 1.54) is 37.3 Å². The van der Waals surface area contributed by atoms with Crippen LogP contribution in [0.25, 0.3) is 0 Å². The highest BCUT2D eigenvalue weighted by molar-refractivity contribution is 8.03. The molecule has 25 heavy (non-hydrogen) atoms. The zero-order chi connectivity index (χ0) is 17.6. The van der Waals surface area contributed by atoms with Crippen LogP contribution in [0.4, 0.5) is 11.4 Å². The van der Waals surface area contributed by atoms with Crippen molar-refractivity contribution in [1.82, 2.24) is 0 Å². The zero-order valence-corrected chi connectivity index (χ0v) is 16.6. The van der Waals surface area contributed by atoms with Gasteiger partial charge in [0.15, 0.2) is 0 Å². The number of fused-ring (bicyclic) bond motifs is 2. The SMILES string of the molecule is Cc1ccc2c(c1)N(C)C(=CC=CC1Sc3ccc(C)cc3N1C)S2. The van der Waals surface area contributed by atoms with E-state index in [4.69, 9.17) is 0 Å². The third kappa shape index (κ3) is 3.09. The predicted octanol–water partition coefficient (Wildman–Crippen LogP) is 5.81. The molecule has 128 valence electrons. The Morgan fingerprint density at radius 3 is 2.36 bits per heavy atom. The lowest BCUT2D eigenvalue weighted by Gasteiger charge is -2.18. The first-order chi connectivity index (χ1) is 12.0. The molecular formula is C21H22N2S2. The summed E-state index contributed by atoms with van der Waals surface area (Å²) in [6, 6.07) is 13.4. The number of hydrogen-bond donors (Lipinski definition) is 0. The van der Waals surface area contributed by atoms with E-state index >= 15 is 0 Å². The molecule has 0 fully saturated rings. The first-order valence-electron chi connectivity index (χ1n) is 8.44. The highest BCUT2D eigenvalue weighted by Crippen LogP contribution is 2.46. The molecule has 4 heteroatoms. The molecule has 2 aromatic carbocycles. The fourth-order valence-electron chi connectivity index (χ4n) is 3.17. The Labute approximate surface area is 158 Å². The first-order valence-corrected chi connectivity index (χ1v) is 10.1. The van der Waals surface area contributed by atoms with E-state index in [9.17, 15) is 0 Å². The van der Waals surface area contributed by atoms with Crippen LogP contribution in [0, 0.1) is 13.8 Å². The minimum absolute atomic E-state index is 0.356. The highest BCUT2D eigenvalue weighted by atomic mass is 32.2.